The second-order valence-electron chi connectivity index (χ2n) is 11.1. The minimum atomic E-state index is -2.79. The van der Waals surface area contributed by atoms with E-state index in [0.29, 0.717) is 0 Å². The number of carbonyl (C=O) groups excluding carboxylic acids is 4. The van der Waals surface area contributed by atoms with Gasteiger partial charge in [0.1, 0.15) is 18.3 Å². The molecule has 0 aliphatic heterocycles. The van der Waals surface area contributed by atoms with E-state index in [1.807, 2.05) is 33.9 Å². The fraction of sp³-hybridized carbons (Fsp3) is 0.438. The van der Waals surface area contributed by atoms with Gasteiger partial charge in [-0.25, -0.2) is 19.2 Å². The van der Waals surface area contributed by atoms with Crippen molar-refractivity contribution in [3.63, 3.8) is 0 Å². The quantitative estimate of drug-likeness (QED) is 0.136. The van der Waals surface area contributed by atoms with Gasteiger partial charge in [0, 0.05) is 6.08 Å². The predicted octanol–water partition coefficient (Wildman–Crippen LogP) is 4.87. The van der Waals surface area contributed by atoms with Crippen molar-refractivity contribution in [2.45, 2.75) is 77.2 Å². The average molecular weight is 615 g/mol. The van der Waals surface area contributed by atoms with Crippen molar-refractivity contribution in [3.8, 4) is 0 Å². The molecular weight excluding hydrogens is 572 g/mol. The van der Waals surface area contributed by atoms with Gasteiger partial charge in [-0.15, -0.1) is 0 Å². The highest BCUT2D eigenvalue weighted by atomic mass is 28.4. The van der Waals surface area contributed by atoms with Gasteiger partial charge >= 0.3 is 23.9 Å². The van der Waals surface area contributed by atoms with Gasteiger partial charge < -0.3 is 28.5 Å². The molecule has 0 bridgehead atoms. The van der Waals surface area contributed by atoms with Crippen molar-refractivity contribution in [2.75, 3.05) is 13.2 Å². The van der Waals surface area contributed by atoms with Gasteiger partial charge in [-0.1, -0.05) is 57.2 Å². The summed E-state index contributed by atoms with van der Waals surface area (Å²) in [5.74, 6) is -3.40. The lowest BCUT2D eigenvalue weighted by Crippen LogP contribution is -2.57. The lowest BCUT2D eigenvalue weighted by Gasteiger charge is -2.42. The van der Waals surface area contributed by atoms with Crippen LogP contribution in [0.4, 0.5) is 0 Å². The molecule has 0 heterocycles. The fourth-order valence-electron chi connectivity index (χ4n) is 3.61. The topological polar surface area (TPSA) is 135 Å². The number of aliphatic hydroxyl groups excluding tert-OH is 1. The second-order valence-corrected chi connectivity index (χ2v) is 15.9. The smallest absolute Gasteiger partial charge is 0.350 e. The molecule has 2 rings (SSSR count). The van der Waals surface area contributed by atoms with Crippen LogP contribution in [0.15, 0.2) is 72.8 Å². The summed E-state index contributed by atoms with van der Waals surface area (Å²) < 4.78 is 28.0. The van der Waals surface area contributed by atoms with E-state index < -0.39 is 61.6 Å². The molecule has 1 N–H and O–H groups in total. The first-order valence-electron chi connectivity index (χ1n) is 14.1. The van der Waals surface area contributed by atoms with E-state index in [9.17, 15) is 24.3 Å². The Bertz CT molecular complexity index is 1240. The van der Waals surface area contributed by atoms with E-state index >= 15 is 0 Å². The summed E-state index contributed by atoms with van der Waals surface area (Å²) in [6.07, 6.45) is -4.37. The molecule has 0 amide bonds. The zero-order chi connectivity index (χ0) is 32.2. The van der Waals surface area contributed by atoms with Crippen molar-refractivity contribution in [2.24, 2.45) is 0 Å². The van der Waals surface area contributed by atoms with Gasteiger partial charge in [0.05, 0.1) is 24.3 Å². The fourth-order valence-corrected chi connectivity index (χ4v) is 4.91. The zero-order valence-electron chi connectivity index (χ0n) is 25.8. The number of rotatable bonds is 14. The Kier molecular flexibility index (Phi) is 13.3. The summed E-state index contributed by atoms with van der Waals surface area (Å²) in [6.45, 7) is 12.9. The molecule has 0 fully saturated rings. The molecule has 2 aromatic rings. The van der Waals surface area contributed by atoms with Crippen LogP contribution >= 0.6 is 0 Å². The molecule has 0 aliphatic carbocycles. The van der Waals surface area contributed by atoms with E-state index in [-0.39, 0.29) is 24.3 Å². The number of aliphatic hydroxyl groups is 1. The molecular formula is C32H42O10Si. The first kappa shape index (κ1) is 35.4. The van der Waals surface area contributed by atoms with E-state index in [4.69, 9.17) is 23.4 Å². The third-order valence-corrected chi connectivity index (χ3v) is 11.4. The minimum Gasteiger partial charge on any atom is -0.463 e. The Morgan fingerprint density at radius 3 is 1.77 bits per heavy atom. The number of carbonyl (C=O) groups is 4. The summed E-state index contributed by atoms with van der Waals surface area (Å²) in [4.78, 5) is 51.6. The predicted molar refractivity (Wildman–Crippen MR) is 162 cm³/mol. The average Bonchev–Trinajstić information content (AvgIpc) is 2.97. The molecule has 0 unspecified atom stereocenters. The van der Waals surface area contributed by atoms with Crippen LogP contribution in [-0.2, 0) is 33.0 Å². The Labute approximate surface area is 254 Å². The standard InChI is InChI=1S/C32H42O10Si/c1-8-38-25(33)21-20-24(40-29(35)22-16-12-10-13-17-22)27(42-43(6,7)32(3,4)5)26(34)28(31(37)39-9-2)41-30(36)23-18-14-11-15-19-23/h10-21,24,26-28,34H,8-9H2,1-7H3/b21-20+/t24-,26-,27-,28+/m0/s1. The normalized spacial score (nSPS) is 14.7. The molecule has 0 saturated heterocycles. The van der Waals surface area contributed by atoms with E-state index in [0.717, 1.165) is 6.08 Å². The van der Waals surface area contributed by atoms with E-state index in [2.05, 4.69) is 0 Å². The molecule has 0 radical (unpaired) electrons. The van der Waals surface area contributed by atoms with Crippen molar-refractivity contribution < 1.29 is 47.7 Å². The van der Waals surface area contributed by atoms with Gasteiger partial charge in [-0.2, -0.15) is 0 Å². The van der Waals surface area contributed by atoms with Crippen LogP contribution in [0.25, 0.3) is 0 Å². The Balaban J connectivity index is 2.64. The summed E-state index contributed by atoms with van der Waals surface area (Å²) in [5.41, 5.74) is 0.343. The van der Waals surface area contributed by atoms with Gasteiger partial charge in [-0.05, 0) is 62.3 Å². The Hall–Kier alpha value is -3.80. The van der Waals surface area contributed by atoms with E-state index in [1.54, 1.807) is 50.2 Å². The molecule has 4 atom stereocenters. The van der Waals surface area contributed by atoms with Gasteiger partial charge in [0.2, 0.25) is 6.10 Å². The molecule has 2 aromatic carbocycles. The second kappa shape index (κ2) is 16.2. The SMILES string of the molecule is CCOC(=O)/C=C/[C@H](OC(=O)c1ccccc1)[C@H](O[Si](C)(C)C(C)(C)C)[C@H](O)[C@@H](OC(=O)c1ccccc1)C(=O)OCC. The molecule has 0 saturated carbocycles. The highest BCUT2D eigenvalue weighted by Gasteiger charge is 2.48. The summed E-state index contributed by atoms with van der Waals surface area (Å²) in [7, 11) is -2.79. The van der Waals surface area contributed by atoms with Crippen LogP contribution in [0.1, 0.15) is 55.3 Å². The highest BCUT2D eigenvalue weighted by molar-refractivity contribution is 6.74. The van der Waals surface area contributed by atoms with Crippen molar-refractivity contribution in [3.05, 3.63) is 83.9 Å². The summed E-state index contributed by atoms with van der Waals surface area (Å²) in [6, 6.07) is 16.0. The molecule has 43 heavy (non-hydrogen) atoms. The first-order valence-corrected chi connectivity index (χ1v) is 17.0. The van der Waals surface area contributed by atoms with Gasteiger partial charge in [0.25, 0.3) is 0 Å². The van der Waals surface area contributed by atoms with Crippen molar-refractivity contribution in [1.82, 2.24) is 0 Å². The largest absolute Gasteiger partial charge is 0.463 e. The molecule has 234 valence electrons. The molecule has 0 aromatic heterocycles. The summed E-state index contributed by atoms with van der Waals surface area (Å²) >= 11 is 0. The summed E-state index contributed by atoms with van der Waals surface area (Å²) in [5, 5.41) is 11.4. The number of esters is 4. The third kappa shape index (κ3) is 10.5. The zero-order valence-corrected chi connectivity index (χ0v) is 26.8. The van der Waals surface area contributed by atoms with Crippen molar-refractivity contribution in [1.29, 1.82) is 0 Å². The maximum atomic E-state index is 13.2. The maximum Gasteiger partial charge on any atom is 0.350 e. The third-order valence-electron chi connectivity index (χ3n) is 6.93. The van der Waals surface area contributed by atoms with Gasteiger partial charge in [0.15, 0.2) is 8.32 Å². The highest BCUT2D eigenvalue weighted by Crippen LogP contribution is 2.39. The number of ether oxygens (including phenoxy) is 4. The van der Waals surface area contributed by atoms with Crippen LogP contribution in [0.5, 0.6) is 0 Å². The molecule has 0 spiro atoms. The monoisotopic (exact) mass is 614 g/mol. The maximum absolute atomic E-state index is 13.2. The number of benzene rings is 2. The van der Waals surface area contributed by atoms with Crippen LogP contribution in [-0.4, -0.2) is 74.9 Å². The van der Waals surface area contributed by atoms with Crippen LogP contribution in [0.2, 0.25) is 18.1 Å². The van der Waals surface area contributed by atoms with E-state index in [1.165, 1.54) is 30.3 Å². The number of hydrogen-bond acceptors (Lipinski definition) is 10. The van der Waals surface area contributed by atoms with Crippen LogP contribution in [0.3, 0.4) is 0 Å². The Morgan fingerprint density at radius 1 is 0.814 bits per heavy atom. The lowest BCUT2D eigenvalue weighted by molar-refractivity contribution is -0.167. The minimum absolute atomic E-state index is 0.0616. The Morgan fingerprint density at radius 2 is 1.30 bits per heavy atom. The van der Waals surface area contributed by atoms with Crippen molar-refractivity contribution >= 4 is 32.2 Å². The first-order chi connectivity index (χ1) is 20.2. The molecule has 11 heteroatoms. The molecule has 0 aliphatic rings. The van der Waals surface area contributed by atoms with Crippen LogP contribution in [0, 0.1) is 0 Å². The number of hydrogen-bond donors (Lipinski definition) is 1. The molecule has 10 nitrogen and oxygen atoms in total. The lowest BCUT2D eigenvalue weighted by atomic mass is 10.0. The van der Waals surface area contributed by atoms with Crippen LogP contribution < -0.4 is 0 Å². The van der Waals surface area contributed by atoms with Gasteiger partial charge in [-0.3, -0.25) is 0 Å².